The summed E-state index contributed by atoms with van der Waals surface area (Å²) >= 11 is 0. The maximum atomic E-state index is 10.8. The number of aliphatic imine (C=N–C) groups is 1. The minimum atomic E-state index is -0.997. The average Bonchev–Trinajstić information content (AvgIpc) is 2.56. The quantitative estimate of drug-likeness (QED) is 0.668. The van der Waals surface area contributed by atoms with Crippen LogP contribution < -0.4 is 5.73 Å². The summed E-state index contributed by atoms with van der Waals surface area (Å²) in [6.45, 7) is 1.69. The second-order valence-electron chi connectivity index (χ2n) is 4.82. The molecule has 2 aromatic carbocycles. The van der Waals surface area contributed by atoms with Gasteiger partial charge in [0.05, 0.1) is 28.2 Å². The van der Waals surface area contributed by atoms with Gasteiger partial charge in [-0.1, -0.05) is 30.3 Å². The summed E-state index contributed by atoms with van der Waals surface area (Å²) in [4.78, 5) is 15.2. The van der Waals surface area contributed by atoms with Crippen LogP contribution in [0.3, 0.4) is 0 Å². The van der Waals surface area contributed by atoms with Crippen molar-refractivity contribution in [3.63, 3.8) is 0 Å². The number of carboxylic acid groups (broad SMARTS) is 1. The standard InChI is InChI=1S/C18H15N3O2/c1-12(21-15-9-7-14(8-10-15)18(22)23)16(11-19)17(20)13-5-3-2-4-6-13/h2-10H,20H2,1H3,(H,22,23). The third-order valence-electron chi connectivity index (χ3n) is 3.24. The van der Waals surface area contributed by atoms with Gasteiger partial charge < -0.3 is 10.8 Å². The van der Waals surface area contributed by atoms with Gasteiger partial charge >= 0.3 is 5.97 Å². The Morgan fingerprint density at radius 3 is 2.22 bits per heavy atom. The number of allylic oxidation sites excluding steroid dienone is 1. The Labute approximate surface area is 134 Å². The van der Waals surface area contributed by atoms with E-state index >= 15 is 0 Å². The molecule has 0 aromatic heterocycles. The van der Waals surface area contributed by atoms with Gasteiger partial charge in [-0.3, -0.25) is 4.99 Å². The first kappa shape index (κ1) is 16.0. The van der Waals surface area contributed by atoms with Crippen LogP contribution in [0, 0.1) is 11.3 Å². The van der Waals surface area contributed by atoms with Crippen molar-refractivity contribution in [2.24, 2.45) is 10.7 Å². The maximum Gasteiger partial charge on any atom is 0.335 e. The van der Waals surface area contributed by atoms with Crippen LogP contribution in [0.25, 0.3) is 5.70 Å². The average molecular weight is 305 g/mol. The zero-order chi connectivity index (χ0) is 16.8. The Kier molecular flexibility index (Phi) is 4.90. The molecule has 0 aliphatic carbocycles. The zero-order valence-corrected chi connectivity index (χ0v) is 12.5. The summed E-state index contributed by atoms with van der Waals surface area (Å²) in [5, 5.41) is 18.3. The van der Waals surface area contributed by atoms with Gasteiger partial charge in [-0.05, 0) is 36.8 Å². The van der Waals surface area contributed by atoms with Crippen molar-refractivity contribution < 1.29 is 9.90 Å². The van der Waals surface area contributed by atoms with Crippen molar-refractivity contribution in [2.75, 3.05) is 0 Å². The largest absolute Gasteiger partial charge is 0.478 e. The van der Waals surface area contributed by atoms with Crippen LogP contribution in [0.4, 0.5) is 5.69 Å². The molecule has 0 radical (unpaired) electrons. The van der Waals surface area contributed by atoms with Crippen molar-refractivity contribution in [1.82, 2.24) is 0 Å². The second-order valence-corrected chi connectivity index (χ2v) is 4.82. The van der Waals surface area contributed by atoms with Crippen LogP contribution >= 0.6 is 0 Å². The Bertz CT molecular complexity index is 814. The molecular weight excluding hydrogens is 290 g/mol. The molecule has 5 heteroatoms. The lowest BCUT2D eigenvalue weighted by molar-refractivity contribution is 0.0697. The fourth-order valence-electron chi connectivity index (χ4n) is 2.03. The molecule has 0 saturated carbocycles. The lowest BCUT2D eigenvalue weighted by Gasteiger charge is -2.06. The second kappa shape index (κ2) is 7.05. The summed E-state index contributed by atoms with van der Waals surface area (Å²) in [6.07, 6.45) is 0. The molecule has 0 atom stereocenters. The van der Waals surface area contributed by atoms with Crippen molar-refractivity contribution in [3.8, 4) is 6.07 Å². The molecule has 3 N–H and O–H groups in total. The Balaban J connectivity index is 2.38. The minimum Gasteiger partial charge on any atom is -0.478 e. The smallest absolute Gasteiger partial charge is 0.335 e. The number of aromatic carboxylic acids is 1. The first-order valence-corrected chi connectivity index (χ1v) is 6.87. The van der Waals surface area contributed by atoms with E-state index in [1.54, 1.807) is 19.1 Å². The summed E-state index contributed by atoms with van der Waals surface area (Å²) in [5.74, 6) is -0.997. The molecule has 114 valence electrons. The van der Waals surface area contributed by atoms with E-state index in [4.69, 9.17) is 10.8 Å². The first-order valence-electron chi connectivity index (χ1n) is 6.87. The molecule has 23 heavy (non-hydrogen) atoms. The molecule has 0 spiro atoms. The number of nitrogens with two attached hydrogens (primary N) is 1. The van der Waals surface area contributed by atoms with Gasteiger partial charge in [0.15, 0.2) is 0 Å². The number of nitriles is 1. The van der Waals surface area contributed by atoms with E-state index in [2.05, 4.69) is 11.1 Å². The number of rotatable bonds is 4. The van der Waals surface area contributed by atoms with Crippen LogP contribution in [0.2, 0.25) is 0 Å². The van der Waals surface area contributed by atoms with Crippen molar-refractivity contribution in [1.29, 1.82) is 5.26 Å². The van der Waals surface area contributed by atoms with Crippen molar-refractivity contribution in [3.05, 3.63) is 71.3 Å². The van der Waals surface area contributed by atoms with Gasteiger partial charge in [-0.15, -0.1) is 0 Å². The summed E-state index contributed by atoms with van der Waals surface area (Å²) in [5.41, 5.74) is 8.67. The number of nitrogens with zero attached hydrogens (tertiary/aromatic N) is 2. The van der Waals surface area contributed by atoms with Gasteiger partial charge in [0, 0.05) is 0 Å². The molecule has 0 aliphatic rings. The number of hydrogen-bond donors (Lipinski definition) is 2. The summed E-state index contributed by atoms with van der Waals surface area (Å²) < 4.78 is 0. The third kappa shape index (κ3) is 3.83. The van der Waals surface area contributed by atoms with E-state index in [0.717, 1.165) is 5.56 Å². The molecule has 0 saturated heterocycles. The molecule has 2 rings (SSSR count). The Morgan fingerprint density at radius 2 is 1.70 bits per heavy atom. The Hall–Kier alpha value is -3.39. The fourth-order valence-corrected chi connectivity index (χ4v) is 2.03. The highest BCUT2D eigenvalue weighted by Gasteiger charge is 2.09. The van der Waals surface area contributed by atoms with Gasteiger partial charge in [0.2, 0.25) is 0 Å². The molecule has 2 aromatic rings. The van der Waals surface area contributed by atoms with Crippen LogP contribution in [0.1, 0.15) is 22.8 Å². The van der Waals surface area contributed by atoms with Crippen molar-refractivity contribution in [2.45, 2.75) is 6.92 Å². The fraction of sp³-hybridized carbons (Fsp3) is 0.0556. The molecule has 0 amide bonds. The van der Waals surface area contributed by atoms with Crippen LogP contribution in [0.5, 0.6) is 0 Å². The molecule has 5 nitrogen and oxygen atoms in total. The normalized spacial score (nSPS) is 12.3. The molecule has 0 aliphatic heterocycles. The maximum absolute atomic E-state index is 10.8. The van der Waals surface area contributed by atoms with Crippen molar-refractivity contribution >= 4 is 23.1 Å². The molecule has 0 heterocycles. The van der Waals surface area contributed by atoms with Gasteiger partial charge in [0.25, 0.3) is 0 Å². The molecule has 0 fully saturated rings. The van der Waals surface area contributed by atoms with Gasteiger partial charge in [-0.2, -0.15) is 5.26 Å². The van der Waals surface area contributed by atoms with E-state index in [1.807, 2.05) is 30.3 Å². The molecular formula is C18H15N3O2. The van der Waals surface area contributed by atoms with E-state index in [9.17, 15) is 10.1 Å². The summed E-state index contributed by atoms with van der Waals surface area (Å²) in [6, 6.07) is 17.4. The minimum absolute atomic E-state index is 0.182. The van der Waals surface area contributed by atoms with E-state index in [0.29, 0.717) is 22.7 Å². The van der Waals surface area contributed by atoms with E-state index in [-0.39, 0.29) is 5.56 Å². The molecule has 0 bridgehead atoms. The third-order valence-corrected chi connectivity index (χ3v) is 3.24. The first-order chi connectivity index (χ1) is 11.0. The predicted molar refractivity (Wildman–Crippen MR) is 89.3 cm³/mol. The predicted octanol–water partition coefficient (Wildman–Crippen LogP) is 3.37. The topological polar surface area (TPSA) is 99.5 Å². The SMILES string of the molecule is CC(=Nc1ccc(C(=O)O)cc1)C(C#N)=C(N)c1ccccc1. The van der Waals surface area contributed by atoms with Crippen LogP contribution in [-0.4, -0.2) is 16.8 Å². The highest BCUT2D eigenvalue weighted by molar-refractivity contribution is 6.08. The van der Waals surface area contributed by atoms with Gasteiger partial charge in [0.1, 0.15) is 6.07 Å². The summed E-state index contributed by atoms with van der Waals surface area (Å²) in [7, 11) is 0. The molecule has 0 unspecified atom stereocenters. The number of hydrogen-bond acceptors (Lipinski definition) is 4. The van der Waals surface area contributed by atoms with Crippen LogP contribution in [-0.2, 0) is 0 Å². The monoisotopic (exact) mass is 305 g/mol. The lowest BCUT2D eigenvalue weighted by atomic mass is 10.0. The highest BCUT2D eigenvalue weighted by Crippen LogP contribution is 2.18. The zero-order valence-electron chi connectivity index (χ0n) is 12.5. The lowest BCUT2D eigenvalue weighted by Crippen LogP contribution is -2.06. The van der Waals surface area contributed by atoms with E-state index < -0.39 is 5.97 Å². The number of carboxylic acids is 1. The van der Waals surface area contributed by atoms with Crippen LogP contribution in [0.15, 0.2) is 65.2 Å². The van der Waals surface area contributed by atoms with Gasteiger partial charge in [-0.25, -0.2) is 4.79 Å². The number of carbonyl (C=O) groups is 1. The Morgan fingerprint density at radius 1 is 1.09 bits per heavy atom. The highest BCUT2D eigenvalue weighted by atomic mass is 16.4. The van der Waals surface area contributed by atoms with E-state index in [1.165, 1.54) is 12.1 Å². The number of benzene rings is 2.